The zero-order chi connectivity index (χ0) is 27.4. The Balaban J connectivity index is 3.66. The molecule has 1 aromatic carbocycles. The molecule has 0 radical (unpaired) electrons. The molecule has 0 bridgehead atoms. The number of hydrogen-bond donors (Lipinski definition) is 0. The fourth-order valence-corrected chi connectivity index (χ4v) is 14.9. The Kier molecular flexibility index (Phi) is 13.8. The van der Waals surface area contributed by atoms with Crippen LogP contribution in [0.5, 0.6) is 0 Å². The van der Waals surface area contributed by atoms with Gasteiger partial charge in [-0.3, -0.25) is 0 Å². The molecule has 36 heavy (non-hydrogen) atoms. The molecule has 0 fully saturated rings. The maximum atomic E-state index is 14.6. The van der Waals surface area contributed by atoms with Crippen LogP contribution in [-0.2, 0) is 14.1 Å². The molecule has 0 aliphatic carbocycles. The fraction of sp³-hybridized carbons (Fsp3) is 0.769. The molecular formula is C26H44F5O3PS. The quantitative estimate of drug-likeness (QED) is 0.0555. The van der Waals surface area contributed by atoms with Gasteiger partial charge in [0, 0.05) is 0 Å². The predicted molar refractivity (Wildman–Crippen MR) is 139 cm³/mol. The zero-order valence-corrected chi connectivity index (χ0v) is 24.0. The van der Waals surface area contributed by atoms with E-state index in [0.717, 1.165) is 51.4 Å². The Bertz CT molecular complexity index is 886. The van der Waals surface area contributed by atoms with E-state index in [1.165, 1.54) is 0 Å². The van der Waals surface area contributed by atoms with E-state index >= 15 is 0 Å². The van der Waals surface area contributed by atoms with Gasteiger partial charge in [0.15, 0.2) is 0 Å². The Labute approximate surface area is 214 Å². The summed E-state index contributed by atoms with van der Waals surface area (Å²) in [5.74, 6) is -11.7. The van der Waals surface area contributed by atoms with Crippen molar-refractivity contribution in [3.63, 3.8) is 0 Å². The number of hydrogen-bond acceptors (Lipinski definition) is 3. The molecule has 3 nitrogen and oxygen atoms in total. The monoisotopic (exact) mass is 562 g/mol. The molecule has 0 amide bonds. The first-order chi connectivity index (χ1) is 16.9. The third-order valence-corrected chi connectivity index (χ3v) is 16.2. The van der Waals surface area contributed by atoms with Crippen molar-refractivity contribution in [1.82, 2.24) is 0 Å². The Hall–Kier alpha value is -0.790. The first-order valence-electron chi connectivity index (χ1n) is 13.4. The first-order valence-corrected chi connectivity index (χ1v) is 17.7. The van der Waals surface area contributed by atoms with E-state index in [9.17, 15) is 30.4 Å². The molecule has 212 valence electrons. The van der Waals surface area contributed by atoms with Gasteiger partial charge >= 0.3 is 215 Å². The van der Waals surface area contributed by atoms with Crippen LogP contribution in [0.4, 0.5) is 22.0 Å². The topological polar surface area (TPSA) is 43.4 Å². The van der Waals surface area contributed by atoms with E-state index in [1.807, 2.05) is 20.8 Å². The summed E-state index contributed by atoms with van der Waals surface area (Å²) in [6, 6.07) is 0. The van der Waals surface area contributed by atoms with Crippen LogP contribution in [0.25, 0.3) is 0 Å². The van der Waals surface area contributed by atoms with Crippen LogP contribution in [0.1, 0.15) is 105 Å². The number of halogens is 5. The van der Waals surface area contributed by atoms with E-state index in [-0.39, 0.29) is 0 Å². The van der Waals surface area contributed by atoms with E-state index in [2.05, 4.69) is 6.92 Å². The van der Waals surface area contributed by atoms with Crippen molar-refractivity contribution in [1.29, 1.82) is 0 Å². The van der Waals surface area contributed by atoms with E-state index in [4.69, 9.17) is 3.97 Å². The molecule has 0 aliphatic heterocycles. The summed E-state index contributed by atoms with van der Waals surface area (Å²) >= 11 is 0. The van der Waals surface area contributed by atoms with Gasteiger partial charge in [0.05, 0.1) is 0 Å². The molecule has 0 spiro atoms. The molecule has 0 saturated heterocycles. The Morgan fingerprint density at radius 1 is 0.528 bits per heavy atom. The van der Waals surface area contributed by atoms with E-state index < -0.39 is 50.9 Å². The maximum absolute atomic E-state index is 14.6. The molecule has 0 aromatic heterocycles. The molecule has 1 aromatic rings. The summed E-state index contributed by atoms with van der Waals surface area (Å²) in [6.07, 6.45) is 11.9. The van der Waals surface area contributed by atoms with Crippen LogP contribution in [0.2, 0.25) is 0 Å². The molecule has 0 unspecified atom stereocenters. The zero-order valence-electron chi connectivity index (χ0n) is 22.3. The van der Waals surface area contributed by atoms with Gasteiger partial charge in [-0.05, 0) is 0 Å². The predicted octanol–water partition coefficient (Wildman–Crippen LogP) is 9.32. The third kappa shape index (κ3) is 8.36. The second-order valence-corrected chi connectivity index (χ2v) is 17.4. The van der Waals surface area contributed by atoms with Crippen molar-refractivity contribution in [3.05, 3.63) is 29.1 Å². The second-order valence-electron chi connectivity index (χ2n) is 10.0. The van der Waals surface area contributed by atoms with Crippen molar-refractivity contribution in [2.75, 3.05) is 24.6 Å². The van der Waals surface area contributed by atoms with Crippen LogP contribution in [0.3, 0.4) is 0 Å². The van der Waals surface area contributed by atoms with Crippen LogP contribution in [0, 0.1) is 29.1 Å². The summed E-state index contributed by atoms with van der Waals surface area (Å²) in [4.78, 5) is -1.87. The van der Waals surface area contributed by atoms with E-state index in [0.29, 0.717) is 50.3 Å². The summed E-state index contributed by atoms with van der Waals surface area (Å²) in [7, 11) is -5.28. The van der Waals surface area contributed by atoms with Crippen LogP contribution < -0.4 is 0 Å². The van der Waals surface area contributed by atoms with Gasteiger partial charge in [-0.2, -0.15) is 0 Å². The molecule has 0 heterocycles. The molecule has 1 rings (SSSR count). The molecule has 0 atom stereocenters. The minimum atomic E-state index is -5.28. The van der Waals surface area contributed by atoms with Crippen molar-refractivity contribution in [3.8, 4) is 0 Å². The van der Waals surface area contributed by atoms with Crippen LogP contribution in [0.15, 0.2) is 4.90 Å². The molecule has 10 heteroatoms. The van der Waals surface area contributed by atoms with Crippen LogP contribution in [-0.4, -0.2) is 33.1 Å². The third-order valence-electron chi connectivity index (χ3n) is 7.04. The number of benzene rings is 1. The summed E-state index contributed by atoms with van der Waals surface area (Å²) < 4.78 is 104. The van der Waals surface area contributed by atoms with Gasteiger partial charge in [-0.15, -0.1) is 0 Å². The van der Waals surface area contributed by atoms with Crippen LogP contribution >= 0.6 is 6.83 Å². The minimum absolute atomic E-state index is 0.450. The normalized spacial score (nSPS) is 13.6. The Morgan fingerprint density at radius 3 is 1.28 bits per heavy atom. The Morgan fingerprint density at radius 2 is 0.861 bits per heavy atom. The number of unbranched alkanes of at least 4 members (excludes halogenated alkanes) is 8. The van der Waals surface area contributed by atoms with Crippen molar-refractivity contribution in [2.24, 2.45) is 0 Å². The molecular weight excluding hydrogens is 518 g/mol. The molecule has 0 saturated carbocycles. The molecule has 0 N–H and O–H groups in total. The van der Waals surface area contributed by atoms with Crippen molar-refractivity contribution < 1.29 is 34.3 Å². The average molecular weight is 563 g/mol. The summed E-state index contributed by atoms with van der Waals surface area (Å²) in [6.45, 7) is 4.36. The van der Waals surface area contributed by atoms with Gasteiger partial charge in [0.2, 0.25) is 0 Å². The van der Waals surface area contributed by atoms with Gasteiger partial charge in [-0.1, -0.05) is 0 Å². The standard InChI is InChI=1S/C26H44F5O3PS/c1-5-9-13-14-15-16-20-35(17-10-6-2,18-11-7-3,19-12-8-4)34-36(32,33)26-24(30)22(28)21(27)23(29)25(26)31/h5-20H2,1-4H3. The fourth-order valence-electron chi connectivity index (χ4n) is 4.91. The first kappa shape index (κ1) is 33.2. The summed E-state index contributed by atoms with van der Waals surface area (Å²) in [5.41, 5.74) is 0. The van der Waals surface area contributed by atoms with Crippen molar-refractivity contribution >= 4 is 16.9 Å². The average Bonchev–Trinajstić information content (AvgIpc) is 2.84. The van der Waals surface area contributed by atoms with Gasteiger partial charge in [0.1, 0.15) is 0 Å². The van der Waals surface area contributed by atoms with E-state index in [1.54, 1.807) is 0 Å². The van der Waals surface area contributed by atoms with Crippen molar-refractivity contribution in [2.45, 2.75) is 110 Å². The summed E-state index contributed by atoms with van der Waals surface area (Å²) in [5, 5.41) is 0. The van der Waals surface area contributed by atoms with Gasteiger partial charge in [0.25, 0.3) is 0 Å². The number of rotatable bonds is 19. The van der Waals surface area contributed by atoms with Gasteiger partial charge < -0.3 is 0 Å². The second kappa shape index (κ2) is 15.0. The SMILES string of the molecule is CCCCCCCCP(CCCC)(CCCC)(CCCC)OS(=O)(=O)c1c(F)c(F)c(F)c(F)c1F. The molecule has 0 aliphatic rings. The van der Waals surface area contributed by atoms with Gasteiger partial charge in [-0.25, -0.2) is 0 Å².